The maximum atomic E-state index is 13.0. The Kier molecular flexibility index (Phi) is 4.74. The molecule has 1 fully saturated rings. The van der Waals surface area contributed by atoms with Gasteiger partial charge in [0.15, 0.2) is 0 Å². The zero-order valence-corrected chi connectivity index (χ0v) is 13.1. The molecule has 0 spiro atoms. The van der Waals surface area contributed by atoms with Gasteiger partial charge in [0.2, 0.25) is 0 Å². The number of amides is 2. The van der Waals surface area contributed by atoms with Gasteiger partial charge in [-0.2, -0.15) is 4.90 Å². The second kappa shape index (κ2) is 7.12. The normalized spacial score (nSPS) is 16.7. The van der Waals surface area contributed by atoms with E-state index in [2.05, 4.69) is 4.74 Å². The van der Waals surface area contributed by atoms with Crippen LogP contribution in [0, 0.1) is 5.82 Å². The molecule has 1 aliphatic rings. The van der Waals surface area contributed by atoms with Crippen molar-refractivity contribution in [2.24, 2.45) is 0 Å². The molecular weight excluding hydrogens is 329 g/mol. The van der Waals surface area contributed by atoms with E-state index in [-0.39, 0.29) is 13.0 Å². The van der Waals surface area contributed by atoms with E-state index in [1.807, 2.05) is 6.07 Å². The van der Waals surface area contributed by atoms with Crippen LogP contribution in [0.15, 0.2) is 54.6 Å². The first kappa shape index (κ1) is 16.6. The van der Waals surface area contributed by atoms with E-state index in [4.69, 9.17) is 4.74 Å². The fraction of sp³-hybridized carbons (Fsp3) is 0.167. The molecule has 2 amide bonds. The van der Waals surface area contributed by atoms with Crippen molar-refractivity contribution in [1.82, 2.24) is 4.90 Å². The summed E-state index contributed by atoms with van der Waals surface area (Å²) in [5.74, 6) is -1.26. The average Bonchev–Trinajstić information content (AvgIpc) is 2.89. The van der Waals surface area contributed by atoms with Crippen molar-refractivity contribution in [3.63, 3.8) is 0 Å². The Balaban J connectivity index is 1.70. The van der Waals surface area contributed by atoms with E-state index in [1.54, 1.807) is 24.3 Å². The highest BCUT2D eigenvalue weighted by Crippen LogP contribution is 2.20. The lowest BCUT2D eigenvalue weighted by Crippen LogP contribution is -2.41. The van der Waals surface area contributed by atoms with Gasteiger partial charge in [0.1, 0.15) is 18.5 Å². The summed E-state index contributed by atoms with van der Waals surface area (Å²) in [5, 5.41) is 0. The molecule has 128 valence electrons. The average molecular weight is 343 g/mol. The van der Waals surface area contributed by atoms with E-state index in [0.717, 1.165) is 5.56 Å². The lowest BCUT2D eigenvalue weighted by Gasteiger charge is -2.17. The van der Waals surface area contributed by atoms with Crippen LogP contribution in [-0.2, 0) is 27.3 Å². The number of halogens is 1. The minimum atomic E-state index is -1.14. The molecule has 0 radical (unpaired) electrons. The Morgan fingerprint density at radius 1 is 1.04 bits per heavy atom. The van der Waals surface area contributed by atoms with Crippen LogP contribution >= 0.6 is 0 Å². The van der Waals surface area contributed by atoms with Crippen LogP contribution in [0.25, 0.3) is 0 Å². The summed E-state index contributed by atoms with van der Waals surface area (Å²) in [6, 6.07) is 13.2. The molecule has 0 saturated carbocycles. The van der Waals surface area contributed by atoms with Crippen molar-refractivity contribution in [2.45, 2.75) is 19.1 Å². The zero-order chi connectivity index (χ0) is 17.8. The van der Waals surface area contributed by atoms with Crippen LogP contribution in [-0.4, -0.2) is 29.1 Å². The summed E-state index contributed by atoms with van der Waals surface area (Å²) in [5.41, 5.74) is 1.32. The quantitative estimate of drug-likeness (QED) is 0.630. The second-order valence-corrected chi connectivity index (χ2v) is 5.44. The van der Waals surface area contributed by atoms with Gasteiger partial charge in [0, 0.05) is 6.42 Å². The Bertz CT molecular complexity index is 791. The molecule has 0 N–H and O–H groups in total. The van der Waals surface area contributed by atoms with Crippen molar-refractivity contribution in [3.05, 3.63) is 71.5 Å². The number of nitrogens with zero attached hydrogens (tertiary/aromatic N) is 1. The number of ether oxygens (including phenoxy) is 2. The SMILES string of the molecule is O=C1OC(=O)N(C(=O)OCc2ccccc2)[C@H]1Cc1ccc(F)cc1. The first-order chi connectivity index (χ1) is 12.0. The third-order valence-electron chi connectivity index (χ3n) is 3.71. The molecule has 1 atom stereocenters. The third-order valence-corrected chi connectivity index (χ3v) is 3.71. The molecule has 0 aliphatic carbocycles. The fourth-order valence-electron chi connectivity index (χ4n) is 2.44. The smallest absolute Gasteiger partial charge is 0.427 e. The third kappa shape index (κ3) is 3.82. The Labute approximate surface area is 142 Å². The summed E-state index contributed by atoms with van der Waals surface area (Å²) in [6.07, 6.45) is -2.02. The Morgan fingerprint density at radius 3 is 2.40 bits per heavy atom. The van der Waals surface area contributed by atoms with Crippen molar-refractivity contribution in [1.29, 1.82) is 0 Å². The summed E-state index contributed by atoms with van der Waals surface area (Å²) in [7, 11) is 0. The van der Waals surface area contributed by atoms with Crippen molar-refractivity contribution < 1.29 is 28.2 Å². The molecule has 3 rings (SSSR count). The molecule has 2 aromatic rings. The summed E-state index contributed by atoms with van der Waals surface area (Å²) >= 11 is 0. The van der Waals surface area contributed by atoms with Gasteiger partial charge >= 0.3 is 18.2 Å². The van der Waals surface area contributed by atoms with Gasteiger partial charge in [-0.25, -0.2) is 18.8 Å². The molecule has 7 heteroatoms. The predicted octanol–water partition coefficient (Wildman–Crippen LogP) is 3.05. The summed E-state index contributed by atoms with van der Waals surface area (Å²) in [4.78, 5) is 36.6. The maximum Gasteiger partial charge on any atom is 0.427 e. The molecule has 0 bridgehead atoms. The number of imide groups is 1. The van der Waals surface area contributed by atoms with Crippen LogP contribution in [0.4, 0.5) is 14.0 Å². The minimum Gasteiger partial charge on any atom is -0.444 e. The molecule has 1 saturated heterocycles. The predicted molar refractivity (Wildman–Crippen MR) is 83.8 cm³/mol. The van der Waals surface area contributed by atoms with Crippen molar-refractivity contribution in [2.75, 3.05) is 0 Å². The van der Waals surface area contributed by atoms with Crippen LogP contribution in [0.3, 0.4) is 0 Å². The molecule has 2 aromatic carbocycles. The summed E-state index contributed by atoms with van der Waals surface area (Å²) < 4.78 is 22.6. The highest BCUT2D eigenvalue weighted by atomic mass is 19.1. The lowest BCUT2D eigenvalue weighted by atomic mass is 10.1. The van der Waals surface area contributed by atoms with Gasteiger partial charge in [-0.05, 0) is 23.3 Å². The van der Waals surface area contributed by atoms with Gasteiger partial charge in [0.05, 0.1) is 0 Å². The van der Waals surface area contributed by atoms with E-state index in [9.17, 15) is 18.8 Å². The first-order valence-electron chi connectivity index (χ1n) is 7.54. The molecule has 6 nitrogen and oxygen atoms in total. The molecule has 0 unspecified atom stereocenters. The maximum absolute atomic E-state index is 13.0. The molecular formula is C18H14FNO5. The van der Waals surface area contributed by atoms with E-state index in [1.165, 1.54) is 24.3 Å². The Morgan fingerprint density at radius 2 is 1.72 bits per heavy atom. The van der Waals surface area contributed by atoms with Crippen LogP contribution in [0.5, 0.6) is 0 Å². The number of hydrogen-bond acceptors (Lipinski definition) is 5. The summed E-state index contributed by atoms with van der Waals surface area (Å²) in [6.45, 7) is -0.0408. The van der Waals surface area contributed by atoms with Gasteiger partial charge in [-0.3, -0.25) is 0 Å². The van der Waals surface area contributed by atoms with Gasteiger partial charge in [-0.15, -0.1) is 0 Å². The number of esters is 1. The van der Waals surface area contributed by atoms with Crippen LogP contribution in [0.1, 0.15) is 11.1 Å². The largest absolute Gasteiger partial charge is 0.444 e. The van der Waals surface area contributed by atoms with E-state index in [0.29, 0.717) is 10.5 Å². The van der Waals surface area contributed by atoms with Gasteiger partial charge in [0.25, 0.3) is 0 Å². The number of carbonyl (C=O) groups is 3. The van der Waals surface area contributed by atoms with Crippen molar-refractivity contribution >= 4 is 18.2 Å². The van der Waals surface area contributed by atoms with Gasteiger partial charge in [-0.1, -0.05) is 42.5 Å². The molecule has 1 aliphatic heterocycles. The first-order valence-corrected chi connectivity index (χ1v) is 7.54. The fourth-order valence-corrected chi connectivity index (χ4v) is 2.44. The number of hydrogen-bond donors (Lipinski definition) is 0. The number of rotatable bonds is 4. The van der Waals surface area contributed by atoms with Gasteiger partial charge < -0.3 is 9.47 Å². The van der Waals surface area contributed by atoms with E-state index < -0.39 is 30.0 Å². The highest BCUT2D eigenvalue weighted by molar-refractivity contribution is 6.03. The molecule has 0 aromatic heterocycles. The molecule has 25 heavy (non-hydrogen) atoms. The minimum absolute atomic E-state index is 0.0191. The van der Waals surface area contributed by atoms with Crippen molar-refractivity contribution in [3.8, 4) is 0 Å². The Hall–Kier alpha value is -3.22. The number of cyclic esters (lactones) is 2. The van der Waals surface area contributed by atoms with E-state index >= 15 is 0 Å². The lowest BCUT2D eigenvalue weighted by molar-refractivity contribution is -0.135. The van der Waals surface area contributed by atoms with Crippen LogP contribution in [0.2, 0.25) is 0 Å². The number of carbonyl (C=O) groups excluding carboxylic acids is 3. The monoisotopic (exact) mass is 343 g/mol. The zero-order valence-electron chi connectivity index (χ0n) is 13.1. The highest BCUT2D eigenvalue weighted by Gasteiger charge is 2.46. The molecule has 1 heterocycles. The topological polar surface area (TPSA) is 72.9 Å². The van der Waals surface area contributed by atoms with Crippen LogP contribution < -0.4 is 0 Å². The standard InChI is InChI=1S/C18H14FNO5/c19-14-8-6-12(7-9-14)10-15-16(21)25-18(23)20(15)17(22)24-11-13-4-2-1-3-5-13/h1-9,15H,10-11H2/t15-/m0/s1. The second-order valence-electron chi connectivity index (χ2n) is 5.44. The number of benzene rings is 2.